The molecular formula is C19H16N4. The van der Waals surface area contributed by atoms with Crippen molar-refractivity contribution >= 4 is 17.2 Å². The van der Waals surface area contributed by atoms with Crippen LogP contribution in [-0.4, -0.2) is 11.5 Å². The summed E-state index contributed by atoms with van der Waals surface area (Å²) in [6, 6.07) is 17.5. The monoisotopic (exact) mass is 300 g/mol. The second kappa shape index (κ2) is 5.04. The predicted molar refractivity (Wildman–Crippen MR) is 94.4 cm³/mol. The Balaban J connectivity index is 1.79. The van der Waals surface area contributed by atoms with Crippen LogP contribution in [-0.2, 0) is 5.54 Å². The summed E-state index contributed by atoms with van der Waals surface area (Å²) in [5, 5.41) is 0. The van der Waals surface area contributed by atoms with Gasteiger partial charge in [-0.3, -0.25) is 0 Å². The summed E-state index contributed by atoms with van der Waals surface area (Å²) in [7, 11) is 0. The van der Waals surface area contributed by atoms with Gasteiger partial charge in [-0.05, 0) is 35.9 Å². The lowest BCUT2D eigenvalue weighted by atomic mass is 9.82. The lowest BCUT2D eigenvalue weighted by molar-refractivity contribution is 0.758. The van der Waals surface area contributed by atoms with E-state index in [4.69, 9.17) is 16.5 Å². The fraction of sp³-hybridized carbons (Fsp3) is 0.0526. The molecule has 0 saturated carbocycles. The quantitative estimate of drug-likeness (QED) is 0.837. The summed E-state index contributed by atoms with van der Waals surface area (Å²) in [6.07, 6.45) is 5.85. The molecule has 0 spiro atoms. The van der Waals surface area contributed by atoms with Crippen LogP contribution in [0, 0.1) is 0 Å². The van der Waals surface area contributed by atoms with Gasteiger partial charge in [0.25, 0.3) is 0 Å². The molecule has 0 radical (unpaired) electrons. The van der Waals surface area contributed by atoms with Crippen molar-refractivity contribution < 1.29 is 0 Å². The van der Waals surface area contributed by atoms with Crippen molar-refractivity contribution in [2.45, 2.75) is 5.54 Å². The van der Waals surface area contributed by atoms with E-state index in [9.17, 15) is 0 Å². The zero-order valence-electron chi connectivity index (χ0n) is 12.5. The van der Waals surface area contributed by atoms with Gasteiger partial charge in [-0.15, -0.1) is 0 Å². The van der Waals surface area contributed by atoms with Gasteiger partial charge in [0.15, 0.2) is 5.84 Å². The number of nitrogen functional groups attached to an aromatic ring is 1. The Labute approximate surface area is 134 Å². The first-order valence-corrected chi connectivity index (χ1v) is 7.45. The molecule has 4 nitrogen and oxygen atoms in total. The molecule has 1 aliphatic heterocycles. The minimum Gasteiger partial charge on any atom is -0.399 e. The van der Waals surface area contributed by atoms with E-state index < -0.39 is 5.54 Å². The molecule has 0 aromatic heterocycles. The first-order chi connectivity index (χ1) is 11.2. The van der Waals surface area contributed by atoms with Crippen LogP contribution in [0.4, 0.5) is 5.69 Å². The van der Waals surface area contributed by atoms with Crippen LogP contribution in [0.5, 0.6) is 0 Å². The topological polar surface area (TPSA) is 76.8 Å². The largest absolute Gasteiger partial charge is 0.399 e. The standard InChI is InChI=1S/C19H16N4/c20-15-10-8-13(9-11-15)18-22-16-7-4-12-19(21,17(16)23-18)14-5-2-1-3-6-14/h1-12H,20-21H2. The van der Waals surface area contributed by atoms with Gasteiger partial charge in [0.05, 0.1) is 11.4 Å². The van der Waals surface area contributed by atoms with Crippen molar-refractivity contribution in [3.05, 3.63) is 89.6 Å². The van der Waals surface area contributed by atoms with E-state index in [1.165, 1.54) is 0 Å². The van der Waals surface area contributed by atoms with Crippen LogP contribution in [0.3, 0.4) is 0 Å². The highest BCUT2D eigenvalue weighted by molar-refractivity contribution is 6.22. The van der Waals surface area contributed by atoms with Gasteiger partial charge >= 0.3 is 0 Å². The molecule has 1 heterocycles. The SMILES string of the molecule is Nc1ccc(C2=NC3=CC=CC(N)(c4ccccc4)C3=N2)cc1. The lowest BCUT2D eigenvalue weighted by Crippen LogP contribution is -2.44. The van der Waals surface area contributed by atoms with E-state index in [1.54, 1.807) is 0 Å². The molecule has 2 aliphatic rings. The van der Waals surface area contributed by atoms with Gasteiger partial charge in [0.1, 0.15) is 5.54 Å². The van der Waals surface area contributed by atoms with Gasteiger partial charge < -0.3 is 11.5 Å². The third kappa shape index (κ3) is 2.20. The van der Waals surface area contributed by atoms with Gasteiger partial charge in [0, 0.05) is 11.3 Å². The first-order valence-electron chi connectivity index (χ1n) is 7.45. The highest BCUT2D eigenvalue weighted by Gasteiger charge is 2.37. The molecule has 1 unspecified atom stereocenters. The maximum Gasteiger partial charge on any atom is 0.160 e. The van der Waals surface area contributed by atoms with Gasteiger partial charge in [-0.2, -0.15) is 0 Å². The van der Waals surface area contributed by atoms with Crippen molar-refractivity contribution in [3.63, 3.8) is 0 Å². The molecule has 23 heavy (non-hydrogen) atoms. The summed E-state index contributed by atoms with van der Waals surface area (Å²) >= 11 is 0. The Morgan fingerprint density at radius 1 is 0.870 bits per heavy atom. The Morgan fingerprint density at radius 2 is 1.61 bits per heavy atom. The number of amidine groups is 1. The molecule has 4 N–H and O–H groups in total. The summed E-state index contributed by atoms with van der Waals surface area (Å²) in [6.45, 7) is 0. The summed E-state index contributed by atoms with van der Waals surface area (Å²) < 4.78 is 0. The molecule has 2 aromatic rings. The molecule has 2 aromatic carbocycles. The van der Waals surface area contributed by atoms with Crippen molar-refractivity contribution in [1.82, 2.24) is 0 Å². The fourth-order valence-corrected chi connectivity index (χ4v) is 2.85. The molecule has 0 saturated heterocycles. The minimum absolute atomic E-state index is 0.667. The normalized spacial score (nSPS) is 22.2. The van der Waals surface area contributed by atoms with Gasteiger partial charge in [-0.25, -0.2) is 9.98 Å². The minimum atomic E-state index is -0.760. The summed E-state index contributed by atoms with van der Waals surface area (Å²) in [5.41, 5.74) is 15.9. The molecule has 0 amide bonds. The molecule has 4 rings (SSSR count). The number of fused-ring (bicyclic) bond motifs is 1. The van der Waals surface area contributed by atoms with E-state index in [0.717, 1.165) is 28.2 Å². The maximum absolute atomic E-state index is 6.68. The number of benzene rings is 2. The highest BCUT2D eigenvalue weighted by Crippen LogP contribution is 2.32. The number of hydrogen-bond donors (Lipinski definition) is 2. The number of nitrogens with zero attached hydrogens (tertiary/aromatic N) is 2. The van der Waals surface area contributed by atoms with Crippen molar-refractivity contribution in [1.29, 1.82) is 0 Å². The van der Waals surface area contributed by atoms with Crippen molar-refractivity contribution in [2.24, 2.45) is 15.7 Å². The second-order valence-corrected chi connectivity index (χ2v) is 5.66. The highest BCUT2D eigenvalue weighted by atomic mass is 15.0. The Bertz CT molecular complexity index is 873. The average molecular weight is 300 g/mol. The Hall–Kier alpha value is -2.98. The van der Waals surface area contributed by atoms with E-state index in [1.807, 2.05) is 72.8 Å². The molecule has 0 fully saturated rings. The Morgan fingerprint density at radius 3 is 2.35 bits per heavy atom. The van der Waals surface area contributed by atoms with Gasteiger partial charge in [-0.1, -0.05) is 42.5 Å². The summed E-state index contributed by atoms with van der Waals surface area (Å²) in [4.78, 5) is 9.35. The van der Waals surface area contributed by atoms with Crippen LogP contribution in [0.15, 0.2) is 88.5 Å². The summed E-state index contributed by atoms with van der Waals surface area (Å²) in [5.74, 6) is 0.667. The Kier molecular flexibility index (Phi) is 2.99. The number of aliphatic imine (C=N–C) groups is 2. The molecular weight excluding hydrogens is 284 g/mol. The molecule has 4 heteroatoms. The number of allylic oxidation sites excluding steroid dienone is 2. The predicted octanol–water partition coefficient (Wildman–Crippen LogP) is 2.78. The number of anilines is 1. The van der Waals surface area contributed by atoms with E-state index >= 15 is 0 Å². The van der Waals surface area contributed by atoms with Crippen molar-refractivity contribution in [2.75, 3.05) is 5.73 Å². The molecule has 0 bridgehead atoms. The van der Waals surface area contributed by atoms with E-state index in [2.05, 4.69) is 4.99 Å². The fourth-order valence-electron chi connectivity index (χ4n) is 2.85. The smallest absolute Gasteiger partial charge is 0.160 e. The third-order valence-electron chi connectivity index (χ3n) is 4.11. The number of hydrogen-bond acceptors (Lipinski definition) is 4. The maximum atomic E-state index is 6.68. The van der Waals surface area contributed by atoms with Crippen LogP contribution in [0.25, 0.3) is 0 Å². The van der Waals surface area contributed by atoms with Crippen LogP contribution in [0.2, 0.25) is 0 Å². The van der Waals surface area contributed by atoms with Crippen LogP contribution < -0.4 is 11.5 Å². The zero-order chi connectivity index (χ0) is 15.9. The number of nitrogens with two attached hydrogens (primary N) is 2. The first kappa shape index (κ1) is 13.7. The second-order valence-electron chi connectivity index (χ2n) is 5.66. The molecule has 112 valence electrons. The van der Waals surface area contributed by atoms with E-state index in [0.29, 0.717) is 5.84 Å². The third-order valence-corrected chi connectivity index (χ3v) is 4.11. The van der Waals surface area contributed by atoms with Crippen LogP contribution in [0.1, 0.15) is 11.1 Å². The van der Waals surface area contributed by atoms with Gasteiger partial charge in [0.2, 0.25) is 0 Å². The van der Waals surface area contributed by atoms with E-state index in [-0.39, 0.29) is 0 Å². The van der Waals surface area contributed by atoms with Crippen molar-refractivity contribution in [3.8, 4) is 0 Å². The molecule has 1 aliphatic carbocycles. The van der Waals surface area contributed by atoms with Crippen LogP contribution >= 0.6 is 0 Å². The average Bonchev–Trinajstić information content (AvgIpc) is 3.02. The molecule has 1 atom stereocenters. The lowest BCUT2D eigenvalue weighted by Gasteiger charge is -2.28. The number of rotatable bonds is 2. The zero-order valence-corrected chi connectivity index (χ0v) is 12.5.